The maximum absolute atomic E-state index is 14.9. The Balaban J connectivity index is 1.17. The third kappa shape index (κ3) is 5.27. The Labute approximate surface area is 342 Å². The van der Waals surface area contributed by atoms with Crippen LogP contribution in [0.4, 0.5) is 17.1 Å². The Morgan fingerprint density at radius 2 is 1.02 bits per heavy atom. The minimum Gasteiger partial charge on any atom is -0.456 e. The summed E-state index contributed by atoms with van der Waals surface area (Å²) in [6.07, 6.45) is 8.89. The van der Waals surface area contributed by atoms with Gasteiger partial charge in [0, 0.05) is 87.0 Å². The third-order valence-electron chi connectivity index (χ3n) is 13.4. The molecule has 0 unspecified atom stereocenters. The highest BCUT2D eigenvalue weighted by atomic mass is 16.6. The number of fused-ring (bicyclic) bond motifs is 2. The van der Waals surface area contributed by atoms with Gasteiger partial charge in [-0.15, -0.1) is 0 Å². The van der Waals surface area contributed by atoms with Gasteiger partial charge in [0.15, 0.2) is 0 Å². The molecule has 2 saturated heterocycles. The molecule has 0 spiro atoms. The number of hydrogen-bond donors (Lipinski definition) is 0. The van der Waals surface area contributed by atoms with Crippen molar-refractivity contribution in [3.63, 3.8) is 0 Å². The predicted molar refractivity (Wildman–Crippen MR) is 231 cm³/mol. The minimum absolute atomic E-state index is 0.106. The monoisotopic (exact) mass is 786 g/mol. The van der Waals surface area contributed by atoms with Crippen LogP contribution in [0.2, 0.25) is 0 Å². The summed E-state index contributed by atoms with van der Waals surface area (Å²) in [5.74, 6) is -1.76. The second-order valence-electron chi connectivity index (χ2n) is 18.1. The molecule has 59 heavy (non-hydrogen) atoms. The second-order valence-corrected chi connectivity index (χ2v) is 18.1. The molecule has 10 nitrogen and oxygen atoms in total. The number of carbonyl (C=O) groups is 5. The molecule has 6 aromatic rings. The number of imide groups is 2. The number of amides is 4. The molecular weight excluding hydrogens is 741 g/mol. The van der Waals surface area contributed by atoms with Crippen molar-refractivity contribution < 1.29 is 28.7 Å². The largest absolute Gasteiger partial charge is 0.456 e. The van der Waals surface area contributed by atoms with Gasteiger partial charge < -0.3 is 14.5 Å². The summed E-state index contributed by atoms with van der Waals surface area (Å²) in [6, 6.07) is 18.2. The maximum atomic E-state index is 14.9. The summed E-state index contributed by atoms with van der Waals surface area (Å²) < 4.78 is 5.56. The van der Waals surface area contributed by atoms with Gasteiger partial charge in [0.2, 0.25) is 0 Å². The van der Waals surface area contributed by atoms with E-state index < -0.39 is 23.4 Å². The molecule has 11 rings (SSSR count). The van der Waals surface area contributed by atoms with Crippen molar-refractivity contribution in [2.45, 2.75) is 90.2 Å². The summed E-state index contributed by atoms with van der Waals surface area (Å²) in [6.45, 7) is 8.74. The van der Waals surface area contributed by atoms with Crippen molar-refractivity contribution in [1.82, 2.24) is 4.90 Å². The highest BCUT2D eigenvalue weighted by Gasteiger charge is 2.42. The summed E-state index contributed by atoms with van der Waals surface area (Å²) in [7, 11) is 0. The molecule has 10 heteroatoms. The Hall–Kier alpha value is -6.03. The fourth-order valence-electron chi connectivity index (χ4n) is 10.8. The smallest absolute Gasteiger partial charge is 0.338 e. The number of anilines is 3. The van der Waals surface area contributed by atoms with Crippen molar-refractivity contribution >= 4 is 89.7 Å². The molecule has 5 aliphatic rings. The lowest BCUT2D eigenvalue weighted by atomic mass is 9.80. The Morgan fingerprint density at radius 3 is 1.54 bits per heavy atom. The zero-order valence-electron chi connectivity index (χ0n) is 33.8. The van der Waals surface area contributed by atoms with E-state index in [-0.39, 0.29) is 17.9 Å². The fraction of sp³-hybridized carbons (Fsp3) is 0.367. The molecule has 1 aliphatic carbocycles. The minimum atomic E-state index is -0.670. The van der Waals surface area contributed by atoms with Crippen LogP contribution in [0.5, 0.6) is 0 Å². The summed E-state index contributed by atoms with van der Waals surface area (Å²) in [5, 5.41) is 6.82. The van der Waals surface area contributed by atoms with Gasteiger partial charge in [0.1, 0.15) is 5.60 Å². The molecule has 6 aromatic carbocycles. The normalized spacial score (nSPS) is 18.9. The molecule has 0 radical (unpaired) electrons. The van der Waals surface area contributed by atoms with Crippen LogP contribution in [0.3, 0.4) is 0 Å². The molecule has 0 aromatic heterocycles. The number of carbonyl (C=O) groups excluding carboxylic acids is 5. The van der Waals surface area contributed by atoms with Crippen LogP contribution in [0.15, 0.2) is 60.7 Å². The average Bonchev–Trinajstić information content (AvgIpc) is 3.97. The molecule has 0 bridgehead atoms. The lowest BCUT2D eigenvalue weighted by Gasteiger charge is -2.37. The second kappa shape index (κ2) is 13.0. The topological polar surface area (TPSA) is 108 Å². The predicted octanol–water partition coefficient (Wildman–Crippen LogP) is 9.62. The van der Waals surface area contributed by atoms with Gasteiger partial charge in [-0.2, -0.15) is 0 Å². The maximum Gasteiger partial charge on any atom is 0.338 e. The first-order chi connectivity index (χ1) is 28.5. The van der Waals surface area contributed by atoms with E-state index in [4.69, 9.17) is 4.74 Å². The van der Waals surface area contributed by atoms with Crippen LogP contribution in [-0.4, -0.2) is 72.3 Å². The number of rotatable bonds is 5. The van der Waals surface area contributed by atoms with Gasteiger partial charge in [0.25, 0.3) is 23.6 Å². The summed E-state index contributed by atoms with van der Waals surface area (Å²) in [5.41, 5.74) is 3.92. The molecule has 298 valence electrons. The number of esters is 1. The van der Waals surface area contributed by atoms with E-state index in [2.05, 4.69) is 15.9 Å². The van der Waals surface area contributed by atoms with Crippen molar-refractivity contribution in [2.24, 2.45) is 0 Å². The van der Waals surface area contributed by atoms with Gasteiger partial charge >= 0.3 is 5.97 Å². The molecule has 0 N–H and O–H groups in total. The first-order valence-corrected chi connectivity index (χ1v) is 21.4. The van der Waals surface area contributed by atoms with E-state index in [0.717, 1.165) is 128 Å². The van der Waals surface area contributed by atoms with Crippen molar-refractivity contribution in [2.75, 3.05) is 40.9 Å². The van der Waals surface area contributed by atoms with Crippen LogP contribution in [0.1, 0.15) is 130 Å². The Bertz CT molecular complexity index is 2840. The molecular formula is C49H46N4O6. The summed E-state index contributed by atoms with van der Waals surface area (Å²) >= 11 is 0. The van der Waals surface area contributed by atoms with Crippen molar-refractivity contribution in [3.8, 4) is 0 Å². The standard InChI is InChI=1S/C49H46N4O6/c1-49(2,3)59-48(58)27-13-15-29(16-14-27)53-45(55)33-20-18-31-40-36(50-21-7-8-22-50)25-34-38-32(44(54)52(46(34)56)28-11-5-4-6-12-28)19-17-30(42(38)40)41-37(51-23-9-10-24-51)26-35(47(53)57)39(33)43(31)41/h13-20,25-26,28H,4-12,21-24H2,1-3H3. The third-order valence-corrected chi connectivity index (χ3v) is 13.4. The van der Waals surface area contributed by atoms with Crippen LogP contribution in [0, 0.1) is 0 Å². The van der Waals surface area contributed by atoms with Gasteiger partial charge in [-0.1, -0.05) is 31.4 Å². The van der Waals surface area contributed by atoms with Crippen molar-refractivity contribution in [1.29, 1.82) is 0 Å². The molecule has 4 aliphatic heterocycles. The molecule has 4 heterocycles. The molecule has 1 saturated carbocycles. The van der Waals surface area contributed by atoms with E-state index in [1.54, 1.807) is 49.9 Å². The number of benzene rings is 6. The van der Waals surface area contributed by atoms with Crippen LogP contribution in [-0.2, 0) is 4.74 Å². The van der Waals surface area contributed by atoms with Crippen molar-refractivity contribution in [3.05, 3.63) is 88.5 Å². The SMILES string of the molecule is CC(C)(C)OC(=O)c1ccc(N2C(=O)c3ccc4c5c(N6CCCC6)cc6c7c(ccc(c8c(N9CCCC9)cc(c3c48)C2=O)c75)C(=O)N(C2CCCCC2)C6=O)cc1. The molecule has 0 atom stereocenters. The van der Waals surface area contributed by atoms with E-state index >= 15 is 0 Å². The lowest BCUT2D eigenvalue weighted by molar-refractivity contribution is 0.00689. The zero-order chi connectivity index (χ0) is 40.5. The van der Waals surface area contributed by atoms with E-state index in [1.807, 2.05) is 30.3 Å². The van der Waals surface area contributed by atoms with Gasteiger partial charge in [-0.3, -0.25) is 24.1 Å². The Kier molecular flexibility index (Phi) is 7.94. The van der Waals surface area contributed by atoms with Gasteiger partial charge in [0.05, 0.1) is 22.4 Å². The quantitative estimate of drug-likeness (QED) is 0.0736. The highest BCUT2D eigenvalue weighted by Crippen LogP contribution is 2.53. The number of ether oxygens (including phenoxy) is 1. The fourth-order valence-corrected chi connectivity index (χ4v) is 10.8. The van der Waals surface area contributed by atoms with E-state index in [1.165, 1.54) is 4.90 Å². The first kappa shape index (κ1) is 36.1. The number of hydrogen-bond acceptors (Lipinski definition) is 8. The van der Waals surface area contributed by atoms with Gasteiger partial charge in [-0.25, -0.2) is 9.69 Å². The highest BCUT2D eigenvalue weighted by molar-refractivity contribution is 6.46. The lowest BCUT2D eigenvalue weighted by Crippen LogP contribution is -2.47. The van der Waals surface area contributed by atoms with Gasteiger partial charge in [-0.05, 0) is 119 Å². The number of nitrogens with zero attached hydrogens (tertiary/aromatic N) is 4. The van der Waals surface area contributed by atoms with E-state index in [0.29, 0.717) is 44.3 Å². The zero-order valence-corrected chi connectivity index (χ0v) is 33.8. The van der Waals surface area contributed by atoms with Crippen LogP contribution in [0.25, 0.3) is 43.1 Å². The first-order valence-electron chi connectivity index (χ1n) is 21.4. The average molecular weight is 787 g/mol. The Morgan fingerprint density at radius 1 is 0.542 bits per heavy atom. The summed E-state index contributed by atoms with van der Waals surface area (Å²) in [4.78, 5) is 79.2. The van der Waals surface area contributed by atoms with E-state index in [9.17, 15) is 24.0 Å². The van der Waals surface area contributed by atoms with Crippen LogP contribution >= 0.6 is 0 Å². The molecule has 4 amide bonds. The molecule has 3 fully saturated rings. The van der Waals surface area contributed by atoms with Crippen LogP contribution < -0.4 is 14.7 Å².